The van der Waals surface area contributed by atoms with E-state index >= 15 is 0 Å². The lowest BCUT2D eigenvalue weighted by Gasteiger charge is -2.20. The number of nitrogens with one attached hydrogen (secondary N) is 1. The number of likely N-dealkylation sites (N-methyl/N-ethyl adjacent to an activating group) is 1. The number of nitrogens with zero attached hydrogens (tertiary/aromatic N) is 1. The van der Waals surface area contributed by atoms with Crippen molar-refractivity contribution in [3.63, 3.8) is 0 Å². The monoisotopic (exact) mass is 286 g/mol. The van der Waals surface area contributed by atoms with Crippen molar-refractivity contribution in [2.24, 2.45) is 0 Å². The van der Waals surface area contributed by atoms with Crippen molar-refractivity contribution in [2.45, 2.75) is 19.4 Å². The van der Waals surface area contributed by atoms with Gasteiger partial charge in [0.2, 0.25) is 0 Å². The Morgan fingerprint density at radius 2 is 1.95 bits per heavy atom. The van der Waals surface area contributed by atoms with Crippen LogP contribution in [0.2, 0.25) is 0 Å². The number of methoxy groups -OCH3 is 2. The van der Waals surface area contributed by atoms with E-state index in [-0.39, 0.29) is 6.04 Å². The van der Waals surface area contributed by atoms with E-state index in [0.29, 0.717) is 0 Å². The standard InChI is InChI=1S/C17H22N2O2/c1-4-19-15(10-13-6-5-9-18-12-13)14-7-8-16(20-2)17(11-14)21-3/h5-9,11-12,15,19H,4,10H2,1-3H3. The van der Waals surface area contributed by atoms with Crippen LogP contribution in [0.1, 0.15) is 24.1 Å². The largest absolute Gasteiger partial charge is 0.493 e. The van der Waals surface area contributed by atoms with Crippen LogP contribution >= 0.6 is 0 Å². The Hall–Kier alpha value is -2.07. The molecule has 1 unspecified atom stereocenters. The highest BCUT2D eigenvalue weighted by atomic mass is 16.5. The SMILES string of the molecule is CCNC(Cc1cccnc1)c1ccc(OC)c(OC)c1. The molecule has 0 aliphatic heterocycles. The molecule has 1 aromatic carbocycles. The molecule has 1 N–H and O–H groups in total. The maximum atomic E-state index is 5.39. The number of hydrogen-bond donors (Lipinski definition) is 1. The lowest BCUT2D eigenvalue weighted by molar-refractivity contribution is 0.354. The zero-order valence-corrected chi connectivity index (χ0v) is 12.8. The first-order chi connectivity index (χ1) is 10.3. The minimum absolute atomic E-state index is 0.221. The number of ether oxygens (including phenoxy) is 2. The van der Waals surface area contributed by atoms with Crippen molar-refractivity contribution in [2.75, 3.05) is 20.8 Å². The van der Waals surface area contributed by atoms with Crippen molar-refractivity contribution < 1.29 is 9.47 Å². The Kier molecular flexibility index (Phi) is 5.58. The molecule has 1 atom stereocenters. The van der Waals surface area contributed by atoms with Crippen molar-refractivity contribution >= 4 is 0 Å². The van der Waals surface area contributed by atoms with Gasteiger partial charge in [-0.3, -0.25) is 4.98 Å². The number of rotatable bonds is 7. The molecule has 2 rings (SSSR count). The Bertz CT molecular complexity index is 558. The van der Waals surface area contributed by atoms with Gasteiger partial charge in [0.25, 0.3) is 0 Å². The average molecular weight is 286 g/mol. The van der Waals surface area contributed by atoms with Crippen LogP contribution < -0.4 is 14.8 Å². The summed E-state index contributed by atoms with van der Waals surface area (Å²) >= 11 is 0. The predicted molar refractivity (Wildman–Crippen MR) is 83.9 cm³/mol. The molecule has 4 heteroatoms. The van der Waals surface area contributed by atoms with Gasteiger partial charge in [-0.15, -0.1) is 0 Å². The van der Waals surface area contributed by atoms with E-state index in [1.807, 2.05) is 24.4 Å². The molecule has 0 bridgehead atoms. The molecule has 0 spiro atoms. The van der Waals surface area contributed by atoms with E-state index in [0.717, 1.165) is 24.5 Å². The van der Waals surface area contributed by atoms with Crippen LogP contribution in [0.3, 0.4) is 0 Å². The topological polar surface area (TPSA) is 43.4 Å². The molecule has 4 nitrogen and oxygen atoms in total. The molecule has 21 heavy (non-hydrogen) atoms. The van der Waals surface area contributed by atoms with Gasteiger partial charge in [-0.1, -0.05) is 19.1 Å². The zero-order valence-electron chi connectivity index (χ0n) is 12.8. The van der Waals surface area contributed by atoms with Crippen LogP contribution in [0.4, 0.5) is 0 Å². The van der Waals surface area contributed by atoms with Crippen molar-refractivity contribution in [3.05, 3.63) is 53.9 Å². The fourth-order valence-electron chi connectivity index (χ4n) is 2.38. The molecule has 0 saturated heterocycles. The summed E-state index contributed by atoms with van der Waals surface area (Å²) in [6, 6.07) is 10.3. The van der Waals surface area contributed by atoms with E-state index in [4.69, 9.17) is 9.47 Å². The van der Waals surface area contributed by atoms with E-state index in [9.17, 15) is 0 Å². The number of pyridine rings is 1. The van der Waals surface area contributed by atoms with Gasteiger partial charge in [-0.05, 0) is 42.3 Å². The summed E-state index contributed by atoms with van der Waals surface area (Å²) in [7, 11) is 3.31. The lowest BCUT2D eigenvalue weighted by Crippen LogP contribution is -2.23. The van der Waals surface area contributed by atoms with Crippen LogP contribution in [-0.4, -0.2) is 25.7 Å². The highest BCUT2D eigenvalue weighted by molar-refractivity contribution is 5.44. The van der Waals surface area contributed by atoms with E-state index in [1.54, 1.807) is 20.4 Å². The zero-order chi connectivity index (χ0) is 15.1. The molecule has 0 radical (unpaired) electrons. The van der Waals surface area contributed by atoms with Crippen molar-refractivity contribution in [1.82, 2.24) is 10.3 Å². The van der Waals surface area contributed by atoms with Gasteiger partial charge in [0.1, 0.15) is 0 Å². The summed E-state index contributed by atoms with van der Waals surface area (Å²) in [5.74, 6) is 1.50. The molecule has 1 heterocycles. The van der Waals surface area contributed by atoms with E-state index < -0.39 is 0 Å². The Balaban J connectivity index is 2.25. The molecular weight excluding hydrogens is 264 g/mol. The molecule has 0 amide bonds. The summed E-state index contributed by atoms with van der Waals surface area (Å²) in [5.41, 5.74) is 2.39. The summed E-state index contributed by atoms with van der Waals surface area (Å²) in [5, 5.41) is 3.51. The summed E-state index contributed by atoms with van der Waals surface area (Å²) in [6.45, 7) is 3.01. The number of hydrogen-bond acceptors (Lipinski definition) is 4. The van der Waals surface area contributed by atoms with Gasteiger partial charge in [-0.2, -0.15) is 0 Å². The highest BCUT2D eigenvalue weighted by Gasteiger charge is 2.14. The van der Waals surface area contributed by atoms with Crippen LogP contribution in [-0.2, 0) is 6.42 Å². The first-order valence-electron chi connectivity index (χ1n) is 7.12. The molecule has 0 aliphatic rings. The van der Waals surface area contributed by atoms with Gasteiger partial charge in [-0.25, -0.2) is 0 Å². The maximum absolute atomic E-state index is 5.39. The summed E-state index contributed by atoms with van der Waals surface area (Å²) in [4.78, 5) is 4.18. The quantitative estimate of drug-likeness (QED) is 0.849. The van der Waals surface area contributed by atoms with E-state index in [1.165, 1.54) is 11.1 Å². The molecule has 112 valence electrons. The first-order valence-corrected chi connectivity index (χ1v) is 7.12. The minimum atomic E-state index is 0.221. The molecular formula is C17H22N2O2. The Morgan fingerprint density at radius 1 is 1.14 bits per heavy atom. The summed E-state index contributed by atoms with van der Waals surface area (Å²) in [6.07, 6.45) is 4.59. The number of benzene rings is 1. The predicted octanol–water partition coefficient (Wildman–Crippen LogP) is 2.99. The second kappa shape index (κ2) is 7.64. The summed E-state index contributed by atoms with van der Waals surface area (Å²) < 4.78 is 10.7. The third kappa shape index (κ3) is 3.95. The fraction of sp³-hybridized carbons (Fsp3) is 0.353. The first kappa shape index (κ1) is 15.3. The van der Waals surface area contributed by atoms with Crippen LogP contribution in [0, 0.1) is 0 Å². The van der Waals surface area contributed by atoms with Gasteiger partial charge in [0.15, 0.2) is 11.5 Å². The van der Waals surface area contributed by atoms with Gasteiger partial charge in [0.05, 0.1) is 14.2 Å². The van der Waals surface area contributed by atoms with Gasteiger partial charge >= 0.3 is 0 Å². The number of aromatic nitrogens is 1. The van der Waals surface area contributed by atoms with Gasteiger partial charge < -0.3 is 14.8 Å². The van der Waals surface area contributed by atoms with E-state index in [2.05, 4.69) is 29.4 Å². The molecule has 1 aromatic heterocycles. The fourth-order valence-corrected chi connectivity index (χ4v) is 2.38. The van der Waals surface area contributed by atoms with Crippen LogP contribution in [0.15, 0.2) is 42.7 Å². The highest BCUT2D eigenvalue weighted by Crippen LogP contribution is 2.30. The molecule has 0 saturated carbocycles. The van der Waals surface area contributed by atoms with Crippen molar-refractivity contribution in [1.29, 1.82) is 0 Å². The normalized spacial score (nSPS) is 12.0. The maximum Gasteiger partial charge on any atom is 0.161 e. The van der Waals surface area contributed by atoms with Crippen molar-refractivity contribution in [3.8, 4) is 11.5 Å². The second-order valence-corrected chi connectivity index (χ2v) is 4.79. The lowest BCUT2D eigenvalue weighted by atomic mass is 9.99. The third-order valence-corrected chi connectivity index (χ3v) is 3.42. The third-order valence-electron chi connectivity index (χ3n) is 3.42. The Morgan fingerprint density at radius 3 is 2.57 bits per heavy atom. The molecule has 2 aromatic rings. The smallest absolute Gasteiger partial charge is 0.161 e. The molecule has 0 fully saturated rings. The van der Waals surface area contributed by atoms with Gasteiger partial charge in [0, 0.05) is 18.4 Å². The average Bonchev–Trinajstić information content (AvgIpc) is 2.54. The second-order valence-electron chi connectivity index (χ2n) is 4.79. The minimum Gasteiger partial charge on any atom is -0.493 e. The van der Waals surface area contributed by atoms with Crippen LogP contribution in [0.5, 0.6) is 11.5 Å². The van der Waals surface area contributed by atoms with Crippen LogP contribution in [0.25, 0.3) is 0 Å². The Labute approximate surface area is 126 Å². The molecule has 0 aliphatic carbocycles.